The molecule has 0 spiro atoms. The van der Waals surface area contributed by atoms with Gasteiger partial charge in [-0.25, -0.2) is 0 Å². The summed E-state index contributed by atoms with van der Waals surface area (Å²) in [5.41, 5.74) is 3.02. The van der Waals surface area contributed by atoms with Gasteiger partial charge in [0.05, 0.1) is 0 Å². The zero-order valence-corrected chi connectivity index (χ0v) is 17.9. The summed E-state index contributed by atoms with van der Waals surface area (Å²) >= 11 is 1.81. The maximum Gasteiger partial charge on any atom is 0.255 e. The Labute approximate surface area is 186 Å². The topological polar surface area (TPSA) is 29.5 Å². The highest BCUT2D eigenvalue weighted by molar-refractivity contribution is 7.99. The Bertz CT molecular complexity index is 1190. The van der Waals surface area contributed by atoms with Crippen LogP contribution in [0.5, 0.6) is 5.75 Å². The molecule has 1 amide bonds. The number of amides is 1. The van der Waals surface area contributed by atoms with Gasteiger partial charge in [-0.05, 0) is 46.2 Å². The van der Waals surface area contributed by atoms with E-state index in [4.69, 9.17) is 4.74 Å². The number of ether oxygens (including phenoxy) is 1. The van der Waals surface area contributed by atoms with Crippen LogP contribution in [0.3, 0.4) is 0 Å². The molecule has 1 heterocycles. The summed E-state index contributed by atoms with van der Waals surface area (Å²) in [6.45, 7) is 1.30. The average molecular weight is 426 g/mol. The SMILES string of the molecule is O=C(c1ccc2ccccc2c1)N1CCSC1c1ccc(OCc2ccccc2)cc1. The van der Waals surface area contributed by atoms with Crippen molar-refractivity contribution in [3.05, 3.63) is 114 Å². The van der Waals surface area contributed by atoms with Gasteiger partial charge < -0.3 is 9.64 Å². The molecular formula is C27H23NO2S. The zero-order valence-electron chi connectivity index (χ0n) is 17.1. The second kappa shape index (κ2) is 8.86. The van der Waals surface area contributed by atoms with Crippen LogP contribution in [-0.2, 0) is 6.61 Å². The van der Waals surface area contributed by atoms with Gasteiger partial charge in [0.2, 0.25) is 0 Å². The van der Waals surface area contributed by atoms with Crippen molar-refractivity contribution in [2.75, 3.05) is 12.3 Å². The van der Waals surface area contributed by atoms with Gasteiger partial charge in [0.25, 0.3) is 5.91 Å². The summed E-state index contributed by atoms with van der Waals surface area (Å²) in [7, 11) is 0. The summed E-state index contributed by atoms with van der Waals surface area (Å²) in [6.07, 6.45) is 0. The van der Waals surface area contributed by atoms with Crippen LogP contribution in [0.1, 0.15) is 26.9 Å². The Morgan fingerprint density at radius 2 is 1.61 bits per heavy atom. The lowest BCUT2D eigenvalue weighted by Gasteiger charge is -2.24. The van der Waals surface area contributed by atoms with Gasteiger partial charge in [0.1, 0.15) is 17.7 Å². The minimum Gasteiger partial charge on any atom is -0.489 e. The maximum atomic E-state index is 13.3. The molecule has 1 aliphatic rings. The van der Waals surface area contributed by atoms with Crippen LogP contribution in [0.25, 0.3) is 10.8 Å². The Balaban J connectivity index is 1.30. The molecule has 0 aliphatic carbocycles. The summed E-state index contributed by atoms with van der Waals surface area (Å²) < 4.78 is 5.91. The molecule has 3 nitrogen and oxygen atoms in total. The number of carbonyl (C=O) groups excluding carboxylic acids is 1. The normalized spacial score (nSPS) is 15.9. The van der Waals surface area contributed by atoms with Crippen LogP contribution in [0.2, 0.25) is 0 Å². The van der Waals surface area contributed by atoms with Gasteiger partial charge in [-0.2, -0.15) is 0 Å². The Morgan fingerprint density at radius 1 is 0.871 bits per heavy atom. The molecule has 5 rings (SSSR count). The highest BCUT2D eigenvalue weighted by Gasteiger charge is 2.31. The molecule has 1 fully saturated rings. The van der Waals surface area contributed by atoms with E-state index in [2.05, 4.69) is 36.4 Å². The van der Waals surface area contributed by atoms with Crippen molar-refractivity contribution < 1.29 is 9.53 Å². The molecule has 4 aromatic rings. The first-order chi connectivity index (χ1) is 15.3. The molecule has 0 saturated carbocycles. The average Bonchev–Trinajstić information content (AvgIpc) is 3.33. The summed E-state index contributed by atoms with van der Waals surface area (Å²) in [4.78, 5) is 15.3. The van der Waals surface area contributed by atoms with E-state index in [-0.39, 0.29) is 11.3 Å². The van der Waals surface area contributed by atoms with E-state index in [9.17, 15) is 4.79 Å². The third-order valence-corrected chi connectivity index (χ3v) is 6.82. The van der Waals surface area contributed by atoms with Gasteiger partial charge in [-0.3, -0.25) is 4.79 Å². The molecule has 4 heteroatoms. The van der Waals surface area contributed by atoms with Crippen molar-refractivity contribution in [1.82, 2.24) is 4.90 Å². The van der Waals surface area contributed by atoms with Crippen LogP contribution in [0.4, 0.5) is 0 Å². The molecule has 31 heavy (non-hydrogen) atoms. The Hall–Kier alpha value is -3.24. The van der Waals surface area contributed by atoms with Crippen LogP contribution in [-0.4, -0.2) is 23.1 Å². The number of thioether (sulfide) groups is 1. The fraction of sp³-hybridized carbons (Fsp3) is 0.148. The number of benzene rings is 4. The summed E-state index contributed by atoms with van der Waals surface area (Å²) in [6, 6.07) is 32.4. The molecule has 1 saturated heterocycles. The molecule has 1 unspecified atom stereocenters. The van der Waals surface area contributed by atoms with E-state index in [1.165, 1.54) is 0 Å². The first-order valence-corrected chi connectivity index (χ1v) is 11.5. The number of carbonyl (C=O) groups is 1. The third kappa shape index (κ3) is 4.30. The van der Waals surface area contributed by atoms with Crippen LogP contribution >= 0.6 is 11.8 Å². The number of rotatable bonds is 5. The lowest BCUT2D eigenvalue weighted by atomic mass is 10.1. The van der Waals surface area contributed by atoms with Crippen molar-refractivity contribution >= 4 is 28.4 Å². The highest BCUT2D eigenvalue weighted by Crippen LogP contribution is 2.39. The standard InChI is InChI=1S/C27H23NO2S/c29-26(24-11-10-21-8-4-5-9-23(21)18-24)28-16-17-31-27(28)22-12-14-25(15-13-22)30-19-20-6-2-1-3-7-20/h1-15,18,27H,16-17,19H2. The van der Waals surface area contributed by atoms with Crippen molar-refractivity contribution in [2.45, 2.75) is 12.0 Å². The van der Waals surface area contributed by atoms with E-state index >= 15 is 0 Å². The van der Waals surface area contributed by atoms with Gasteiger partial charge in [0, 0.05) is 17.9 Å². The molecule has 0 bridgehead atoms. The number of nitrogens with zero attached hydrogens (tertiary/aromatic N) is 1. The van der Waals surface area contributed by atoms with E-state index < -0.39 is 0 Å². The van der Waals surface area contributed by atoms with Gasteiger partial charge in [-0.15, -0.1) is 11.8 Å². The van der Waals surface area contributed by atoms with Gasteiger partial charge in [-0.1, -0.05) is 72.8 Å². The van der Waals surface area contributed by atoms with Crippen LogP contribution in [0.15, 0.2) is 97.1 Å². The van der Waals surface area contributed by atoms with E-state index in [1.807, 2.05) is 77.3 Å². The van der Waals surface area contributed by atoms with E-state index in [1.54, 1.807) is 0 Å². The molecular weight excluding hydrogens is 402 g/mol. The van der Waals surface area contributed by atoms with Crippen LogP contribution < -0.4 is 4.74 Å². The maximum absolute atomic E-state index is 13.3. The zero-order chi connectivity index (χ0) is 21.0. The first-order valence-electron chi connectivity index (χ1n) is 10.5. The molecule has 1 aliphatic heterocycles. The minimum absolute atomic E-state index is 0.0298. The Kier molecular flexibility index (Phi) is 5.63. The largest absolute Gasteiger partial charge is 0.489 e. The predicted molar refractivity (Wildman–Crippen MR) is 127 cm³/mol. The lowest BCUT2D eigenvalue weighted by molar-refractivity contribution is 0.0760. The number of hydrogen-bond donors (Lipinski definition) is 0. The summed E-state index contributed by atoms with van der Waals surface area (Å²) in [5, 5.41) is 2.27. The molecule has 1 atom stereocenters. The van der Waals surface area contributed by atoms with E-state index in [0.29, 0.717) is 6.61 Å². The predicted octanol–water partition coefficient (Wildman–Crippen LogP) is 6.31. The number of fused-ring (bicyclic) bond motifs is 1. The van der Waals surface area contributed by atoms with Gasteiger partial charge in [0.15, 0.2) is 0 Å². The first kappa shape index (κ1) is 19.7. The van der Waals surface area contributed by atoms with Gasteiger partial charge >= 0.3 is 0 Å². The quantitative estimate of drug-likeness (QED) is 0.375. The van der Waals surface area contributed by atoms with Crippen molar-refractivity contribution in [3.8, 4) is 5.75 Å². The third-order valence-electron chi connectivity index (χ3n) is 5.56. The van der Waals surface area contributed by atoms with Crippen LogP contribution in [0, 0.1) is 0 Å². The molecule has 4 aromatic carbocycles. The minimum atomic E-state index is 0.0298. The smallest absolute Gasteiger partial charge is 0.255 e. The number of hydrogen-bond acceptors (Lipinski definition) is 3. The van der Waals surface area contributed by atoms with E-state index in [0.717, 1.165) is 45.5 Å². The lowest BCUT2D eigenvalue weighted by Crippen LogP contribution is -2.30. The fourth-order valence-corrected chi connectivity index (χ4v) is 5.17. The molecule has 0 aromatic heterocycles. The van der Waals surface area contributed by atoms with Crippen molar-refractivity contribution in [3.63, 3.8) is 0 Å². The molecule has 0 radical (unpaired) electrons. The summed E-state index contributed by atoms with van der Waals surface area (Å²) in [5.74, 6) is 1.86. The molecule has 0 N–H and O–H groups in total. The van der Waals surface area contributed by atoms with Crippen molar-refractivity contribution in [2.24, 2.45) is 0 Å². The fourth-order valence-electron chi connectivity index (χ4n) is 3.91. The molecule has 154 valence electrons. The van der Waals surface area contributed by atoms with Crippen molar-refractivity contribution in [1.29, 1.82) is 0 Å². The highest BCUT2D eigenvalue weighted by atomic mass is 32.2. The monoisotopic (exact) mass is 425 g/mol. The second-order valence-electron chi connectivity index (χ2n) is 7.63. The Morgan fingerprint density at radius 3 is 2.42 bits per heavy atom. The second-order valence-corrected chi connectivity index (χ2v) is 8.82.